The molecule has 0 aliphatic heterocycles. The third-order valence-corrected chi connectivity index (χ3v) is 2.73. The van der Waals surface area contributed by atoms with E-state index in [0.29, 0.717) is 6.42 Å². The summed E-state index contributed by atoms with van der Waals surface area (Å²) in [6.07, 6.45) is 1.49. The van der Waals surface area contributed by atoms with Gasteiger partial charge in [-0.2, -0.15) is 0 Å². The van der Waals surface area contributed by atoms with Crippen molar-refractivity contribution in [3.63, 3.8) is 0 Å². The second kappa shape index (κ2) is 6.31. The van der Waals surface area contributed by atoms with Crippen LogP contribution in [0.4, 0.5) is 5.69 Å². The molecule has 2 rings (SSSR count). The molecule has 0 bridgehead atoms. The van der Waals surface area contributed by atoms with E-state index < -0.39 is 0 Å². The molecule has 0 atom stereocenters. The third-order valence-electron chi connectivity index (χ3n) is 2.73. The molecule has 0 aliphatic carbocycles. The zero-order valence-electron chi connectivity index (χ0n) is 9.84. The molecule has 0 fully saturated rings. The number of nitrogens with two attached hydrogens (primary N) is 1. The highest BCUT2D eigenvalue weighted by Gasteiger charge is 2.03. The SMILES string of the molecule is Br.Nc1ccc(CCc2cc(O)ccc2O)cc1. The molecule has 0 unspecified atom stereocenters. The van der Waals surface area contributed by atoms with Gasteiger partial charge in [-0.15, -0.1) is 17.0 Å². The summed E-state index contributed by atoms with van der Waals surface area (Å²) in [6.45, 7) is 0. The van der Waals surface area contributed by atoms with Gasteiger partial charge in [0.2, 0.25) is 0 Å². The molecular formula is C14H16BrNO2. The van der Waals surface area contributed by atoms with Crippen LogP contribution < -0.4 is 5.73 Å². The molecule has 0 spiro atoms. The Morgan fingerprint density at radius 1 is 0.889 bits per heavy atom. The average molecular weight is 310 g/mol. The number of aromatic hydroxyl groups is 2. The Hall–Kier alpha value is -1.68. The summed E-state index contributed by atoms with van der Waals surface area (Å²) in [6, 6.07) is 12.2. The molecule has 0 aromatic heterocycles. The molecule has 96 valence electrons. The number of rotatable bonds is 3. The van der Waals surface area contributed by atoms with E-state index in [1.54, 1.807) is 6.07 Å². The predicted octanol–water partition coefficient (Wildman–Crippen LogP) is 3.04. The van der Waals surface area contributed by atoms with Crippen LogP contribution in [0.3, 0.4) is 0 Å². The molecular weight excluding hydrogens is 294 g/mol. The molecule has 0 heterocycles. The Morgan fingerprint density at radius 2 is 1.56 bits per heavy atom. The standard InChI is InChI=1S/C14H15NO2.BrH/c15-12-5-2-10(3-6-12)1-4-11-9-13(16)7-8-14(11)17;/h2-3,5-9,16-17H,1,4,15H2;1H. The molecule has 4 N–H and O–H groups in total. The monoisotopic (exact) mass is 309 g/mol. The smallest absolute Gasteiger partial charge is 0.119 e. The third kappa shape index (κ3) is 3.67. The summed E-state index contributed by atoms with van der Waals surface area (Å²) in [4.78, 5) is 0. The van der Waals surface area contributed by atoms with Crippen LogP contribution >= 0.6 is 17.0 Å². The summed E-state index contributed by atoms with van der Waals surface area (Å²) < 4.78 is 0. The maximum Gasteiger partial charge on any atom is 0.119 e. The van der Waals surface area contributed by atoms with E-state index in [9.17, 15) is 10.2 Å². The topological polar surface area (TPSA) is 66.5 Å². The van der Waals surface area contributed by atoms with Crippen LogP contribution in [0.2, 0.25) is 0 Å². The molecule has 0 amide bonds. The Kier molecular flexibility index (Phi) is 5.04. The first kappa shape index (κ1) is 14.4. The van der Waals surface area contributed by atoms with Crippen molar-refractivity contribution in [3.8, 4) is 11.5 Å². The Morgan fingerprint density at radius 3 is 2.22 bits per heavy atom. The van der Waals surface area contributed by atoms with Gasteiger partial charge < -0.3 is 15.9 Å². The minimum Gasteiger partial charge on any atom is -0.508 e. The van der Waals surface area contributed by atoms with Crippen molar-refractivity contribution in [1.29, 1.82) is 0 Å². The second-order valence-corrected chi connectivity index (χ2v) is 4.05. The van der Waals surface area contributed by atoms with Crippen molar-refractivity contribution < 1.29 is 10.2 Å². The maximum atomic E-state index is 9.63. The summed E-state index contributed by atoms with van der Waals surface area (Å²) in [7, 11) is 0. The molecule has 0 radical (unpaired) electrons. The van der Waals surface area contributed by atoms with Crippen molar-refractivity contribution in [2.75, 3.05) is 5.73 Å². The summed E-state index contributed by atoms with van der Waals surface area (Å²) >= 11 is 0. The van der Waals surface area contributed by atoms with Crippen molar-refractivity contribution in [2.45, 2.75) is 12.8 Å². The molecule has 18 heavy (non-hydrogen) atoms. The molecule has 0 saturated heterocycles. The number of hydrogen-bond donors (Lipinski definition) is 3. The van der Waals surface area contributed by atoms with Crippen molar-refractivity contribution in [1.82, 2.24) is 0 Å². The number of benzene rings is 2. The van der Waals surface area contributed by atoms with Crippen molar-refractivity contribution >= 4 is 22.7 Å². The van der Waals surface area contributed by atoms with E-state index in [0.717, 1.165) is 23.2 Å². The van der Waals surface area contributed by atoms with Gasteiger partial charge in [-0.05, 0) is 54.3 Å². The first-order chi connectivity index (χ1) is 8.15. The van der Waals surface area contributed by atoms with Gasteiger partial charge in [0.15, 0.2) is 0 Å². The summed E-state index contributed by atoms with van der Waals surface area (Å²) in [5, 5.41) is 19.0. The highest BCUT2D eigenvalue weighted by Crippen LogP contribution is 2.23. The molecule has 2 aromatic rings. The zero-order chi connectivity index (χ0) is 12.3. The lowest BCUT2D eigenvalue weighted by atomic mass is 10.0. The minimum atomic E-state index is 0. The van der Waals surface area contributed by atoms with E-state index >= 15 is 0 Å². The minimum absolute atomic E-state index is 0. The van der Waals surface area contributed by atoms with E-state index in [1.165, 1.54) is 12.1 Å². The molecule has 0 aliphatic rings. The van der Waals surface area contributed by atoms with Crippen molar-refractivity contribution in [3.05, 3.63) is 53.6 Å². The van der Waals surface area contributed by atoms with E-state index in [-0.39, 0.29) is 28.5 Å². The number of halogens is 1. The highest BCUT2D eigenvalue weighted by atomic mass is 79.9. The van der Waals surface area contributed by atoms with E-state index in [1.807, 2.05) is 24.3 Å². The van der Waals surface area contributed by atoms with Crippen LogP contribution in [0.25, 0.3) is 0 Å². The molecule has 3 nitrogen and oxygen atoms in total. The van der Waals surface area contributed by atoms with Crippen LogP contribution in [-0.2, 0) is 12.8 Å². The van der Waals surface area contributed by atoms with Crippen LogP contribution in [0.15, 0.2) is 42.5 Å². The fraction of sp³-hybridized carbons (Fsp3) is 0.143. The molecule has 4 heteroatoms. The summed E-state index contributed by atoms with van der Waals surface area (Å²) in [5.41, 5.74) is 8.26. The van der Waals surface area contributed by atoms with E-state index in [2.05, 4.69) is 0 Å². The number of hydrogen-bond acceptors (Lipinski definition) is 3. The second-order valence-electron chi connectivity index (χ2n) is 4.05. The lowest BCUT2D eigenvalue weighted by molar-refractivity contribution is 0.454. The average Bonchev–Trinajstić information content (AvgIpc) is 2.32. The van der Waals surface area contributed by atoms with Gasteiger partial charge in [0, 0.05) is 5.69 Å². The Labute approximate surface area is 117 Å². The van der Waals surface area contributed by atoms with E-state index in [4.69, 9.17) is 5.73 Å². The first-order valence-electron chi connectivity index (χ1n) is 5.50. The van der Waals surface area contributed by atoms with Crippen molar-refractivity contribution in [2.24, 2.45) is 0 Å². The number of anilines is 1. The van der Waals surface area contributed by atoms with Gasteiger partial charge in [0.05, 0.1) is 0 Å². The lowest BCUT2D eigenvalue weighted by Gasteiger charge is -2.05. The fourth-order valence-corrected chi connectivity index (χ4v) is 1.74. The van der Waals surface area contributed by atoms with Gasteiger partial charge in [-0.3, -0.25) is 0 Å². The predicted molar refractivity (Wildman–Crippen MR) is 78.4 cm³/mol. The number of phenols is 2. The molecule has 2 aromatic carbocycles. The summed E-state index contributed by atoms with van der Waals surface area (Å²) in [5.74, 6) is 0.397. The van der Waals surface area contributed by atoms with Gasteiger partial charge in [-0.1, -0.05) is 12.1 Å². The van der Waals surface area contributed by atoms with Crippen LogP contribution in [0.1, 0.15) is 11.1 Å². The largest absolute Gasteiger partial charge is 0.508 e. The highest BCUT2D eigenvalue weighted by molar-refractivity contribution is 8.93. The number of aryl methyl sites for hydroxylation is 2. The van der Waals surface area contributed by atoms with Gasteiger partial charge in [-0.25, -0.2) is 0 Å². The Bertz CT molecular complexity index is 512. The first-order valence-corrected chi connectivity index (χ1v) is 5.50. The fourth-order valence-electron chi connectivity index (χ4n) is 1.74. The number of nitrogen functional groups attached to an aromatic ring is 1. The molecule has 0 saturated carbocycles. The normalized spacial score (nSPS) is 9.78. The maximum absolute atomic E-state index is 9.63. The van der Waals surface area contributed by atoms with Gasteiger partial charge in [0.25, 0.3) is 0 Å². The number of phenolic OH excluding ortho intramolecular Hbond substituents is 2. The Balaban J connectivity index is 0.00000162. The quantitative estimate of drug-likeness (QED) is 0.603. The van der Waals surface area contributed by atoms with Gasteiger partial charge in [0.1, 0.15) is 11.5 Å². The van der Waals surface area contributed by atoms with Crippen LogP contribution in [0, 0.1) is 0 Å². The lowest BCUT2D eigenvalue weighted by Crippen LogP contribution is -1.92. The van der Waals surface area contributed by atoms with Crippen LogP contribution in [-0.4, -0.2) is 10.2 Å². The van der Waals surface area contributed by atoms with Crippen LogP contribution in [0.5, 0.6) is 11.5 Å². The van der Waals surface area contributed by atoms with Gasteiger partial charge >= 0.3 is 0 Å². The zero-order valence-corrected chi connectivity index (χ0v) is 11.5.